The van der Waals surface area contributed by atoms with E-state index in [1.54, 1.807) is 0 Å². The molecule has 4 N–H and O–H groups in total. The molecule has 0 aromatic rings. The number of ether oxygens (including phenoxy) is 1. The van der Waals surface area contributed by atoms with Crippen LogP contribution in [0.3, 0.4) is 0 Å². The first-order valence-electron chi connectivity index (χ1n) is 4.62. The van der Waals surface area contributed by atoms with E-state index >= 15 is 0 Å². The van der Waals surface area contributed by atoms with E-state index in [0.717, 1.165) is 0 Å². The summed E-state index contributed by atoms with van der Waals surface area (Å²) in [5.74, 6) is 0. The van der Waals surface area contributed by atoms with Crippen molar-refractivity contribution in [3.63, 3.8) is 0 Å². The SMILES string of the molecule is [CH3][Sb]([CH3])[S][C@@H]1O[C@H](CO)[C@@H](O)[C@H](O)[C@H]1O. The molecule has 0 saturated carbocycles. The van der Waals surface area contributed by atoms with E-state index in [9.17, 15) is 15.3 Å². The monoisotopic (exact) mass is 346 g/mol. The fraction of sp³-hybridized carbons (Fsp3) is 1.00. The summed E-state index contributed by atoms with van der Waals surface area (Å²) in [5.41, 5.74) is -0.529. The van der Waals surface area contributed by atoms with Crippen molar-refractivity contribution >= 4 is 27.7 Å². The van der Waals surface area contributed by atoms with Crippen LogP contribution in [0.25, 0.3) is 0 Å². The van der Waals surface area contributed by atoms with Crippen molar-refractivity contribution < 1.29 is 25.2 Å². The predicted octanol–water partition coefficient (Wildman–Crippen LogP) is -1.23. The van der Waals surface area contributed by atoms with Crippen LogP contribution in [0.4, 0.5) is 0 Å². The van der Waals surface area contributed by atoms with Crippen molar-refractivity contribution in [1.82, 2.24) is 0 Å². The predicted molar refractivity (Wildman–Crippen MR) is 58.8 cm³/mol. The minimum absolute atomic E-state index is 0.355. The van der Waals surface area contributed by atoms with Crippen LogP contribution in [-0.2, 0) is 4.74 Å². The van der Waals surface area contributed by atoms with Gasteiger partial charge in [-0.05, 0) is 0 Å². The first kappa shape index (κ1) is 14.0. The van der Waals surface area contributed by atoms with Crippen LogP contribution >= 0.6 is 8.85 Å². The Morgan fingerprint density at radius 3 is 2.20 bits per heavy atom. The summed E-state index contributed by atoms with van der Waals surface area (Å²) in [6, 6.07) is 0. The maximum absolute atomic E-state index is 9.66. The molecule has 0 radical (unpaired) electrons. The minimum atomic E-state index is -1.41. The second kappa shape index (κ2) is 6.05. The molecule has 1 heterocycles. The van der Waals surface area contributed by atoms with Gasteiger partial charge in [0.05, 0.1) is 0 Å². The third-order valence-corrected chi connectivity index (χ3v) is 8.57. The Labute approximate surface area is 98.8 Å². The van der Waals surface area contributed by atoms with E-state index in [1.165, 1.54) is 8.85 Å². The van der Waals surface area contributed by atoms with E-state index in [1.807, 2.05) is 0 Å². The van der Waals surface area contributed by atoms with Crippen molar-refractivity contribution in [2.45, 2.75) is 39.6 Å². The van der Waals surface area contributed by atoms with Gasteiger partial charge in [-0.1, -0.05) is 0 Å². The van der Waals surface area contributed by atoms with Gasteiger partial charge in [0.15, 0.2) is 0 Å². The van der Waals surface area contributed by atoms with Crippen LogP contribution in [0.1, 0.15) is 0 Å². The van der Waals surface area contributed by atoms with E-state index < -0.39 is 48.7 Å². The zero-order valence-corrected chi connectivity index (χ0v) is 12.0. The number of rotatable bonds is 3. The van der Waals surface area contributed by atoms with Crippen LogP contribution in [0, 0.1) is 0 Å². The Bertz CT molecular complexity index is 203. The average Bonchev–Trinajstić information content (AvgIpc) is 2.18. The van der Waals surface area contributed by atoms with E-state index in [-0.39, 0.29) is 6.61 Å². The fourth-order valence-corrected chi connectivity index (χ4v) is 7.31. The zero-order chi connectivity index (χ0) is 11.6. The van der Waals surface area contributed by atoms with Gasteiger partial charge in [-0.2, -0.15) is 0 Å². The van der Waals surface area contributed by atoms with Gasteiger partial charge in [-0.25, -0.2) is 0 Å². The van der Waals surface area contributed by atoms with Crippen LogP contribution in [0.15, 0.2) is 0 Å². The Morgan fingerprint density at radius 1 is 1.13 bits per heavy atom. The molecule has 0 aliphatic carbocycles. The molecule has 15 heavy (non-hydrogen) atoms. The average molecular weight is 347 g/mol. The Hall–Kier alpha value is 0.968. The Morgan fingerprint density at radius 2 is 1.73 bits per heavy atom. The van der Waals surface area contributed by atoms with Gasteiger partial charge in [0.1, 0.15) is 0 Å². The van der Waals surface area contributed by atoms with Gasteiger partial charge in [-0.3, -0.25) is 0 Å². The van der Waals surface area contributed by atoms with Crippen LogP contribution in [0.5, 0.6) is 0 Å². The molecule has 1 rings (SSSR count). The zero-order valence-electron chi connectivity index (χ0n) is 8.65. The summed E-state index contributed by atoms with van der Waals surface area (Å²) in [6.07, 6.45) is -4.35. The molecule has 0 aromatic heterocycles. The molecule has 0 amide bonds. The van der Waals surface area contributed by atoms with Crippen LogP contribution in [-0.4, -0.2) is 75.7 Å². The van der Waals surface area contributed by atoms with Crippen molar-refractivity contribution in [2.24, 2.45) is 0 Å². The molecule has 1 saturated heterocycles. The third-order valence-electron chi connectivity index (χ3n) is 2.16. The normalized spacial score (nSPS) is 42.2. The van der Waals surface area contributed by atoms with Gasteiger partial charge < -0.3 is 0 Å². The molecule has 90 valence electrons. The number of aliphatic hydroxyl groups excluding tert-OH is 4. The van der Waals surface area contributed by atoms with Crippen LogP contribution < -0.4 is 0 Å². The van der Waals surface area contributed by atoms with E-state index in [0.29, 0.717) is 0 Å². The van der Waals surface area contributed by atoms with Crippen molar-refractivity contribution in [1.29, 1.82) is 0 Å². The van der Waals surface area contributed by atoms with Gasteiger partial charge in [0.2, 0.25) is 0 Å². The van der Waals surface area contributed by atoms with Gasteiger partial charge >= 0.3 is 99.0 Å². The molecule has 0 spiro atoms. The summed E-state index contributed by atoms with van der Waals surface area (Å²) in [5, 5.41) is 37.6. The molecule has 5 nitrogen and oxygen atoms in total. The number of hydrogen-bond donors (Lipinski definition) is 4. The maximum atomic E-state index is 9.66. The first-order valence-corrected chi connectivity index (χ1v) is 13.7. The molecule has 0 bridgehead atoms. The molecular weight excluding hydrogens is 330 g/mol. The summed E-state index contributed by atoms with van der Waals surface area (Å²) < 4.78 is 5.34. The Balaban J connectivity index is 2.65. The second-order valence-corrected chi connectivity index (χ2v) is 15.6. The summed E-state index contributed by atoms with van der Waals surface area (Å²) in [4.78, 5) is 4.24. The Kier molecular flexibility index (Phi) is 5.66. The molecule has 1 aliphatic heterocycles. The molecular formula is C8H17O5SSb. The first-order chi connectivity index (χ1) is 6.97. The molecule has 7 heteroatoms. The second-order valence-electron chi connectivity index (χ2n) is 3.62. The summed E-state index contributed by atoms with van der Waals surface area (Å²) in [6.45, 7) is -0.355. The van der Waals surface area contributed by atoms with Crippen molar-refractivity contribution in [2.75, 3.05) is 6.61 Å². The van der Waals surface area contributed by atoms with Crippen LogP contribution in [0.2, 0.25) is 9.74 Å². The molecule has 1 aliphatic rings. The van der Waals surface area contributed by atoms with E-state index in [2.05, 4.69) is 9.74 Å². The standard InChI is InChI=1S/C6H12O5S.2CH3.Sb/c7-1-2-3(8)4(9)5(10)6(12)11-2;;;/h2-10,12H,1H2;2*1H3;/q;;;+1/p-1/t2-,3-,4+,5-,6+;;;/m1.../s1. The quantitative estimate of drug-likeness (QED) is 0.478. The van der Waals surface area contributed by atoms with E-state index in [4.69, 9.17) is 9.84 Å². The van der Waals surface area contributed by atoms with Gasteiger partial charge in [0, 0.05) is 0 Å². The fourth-order valence-electron chi connectivity index (χ4n) is 1.36. The molecule has 5 atom stereocenters. The topological polar surface area (TPSA) is 90.2 Å². The molecule has 0 aromatic carbocycles. The van der Waals surface area contributed by atoms with Crippen molar-refractivity contribution in [3.05, 3.63) is 0 Å². The summed E-state index contributed by atoms with van der Waals surface area (Å²) >= 11 is -1.41. The number of aliphatic hydroxyl groups is 4. The molecule has 1 fully saturated rings. The summed E-state index contributed by atoms with van der Waals surface area (Å²) in [7, 11) is 1.54. The van der Waals surface area contributed by atoms with Crippen molar-refractivity contribution in [3.8, 4) is 0 Å². The third kappa shape index (κ3) is 3.46. The number of hydrogen-bond acceptors (Lipinski definition) is 6. The van der Waals surface area contributed by atoms with Gasteiger partial charge in [-0.15, -0.1) is 0 Å². The van der Waals surface area contributed by atoms with Gasteiger partial charge in [0.25, 0.3) is 0 Å². The molecule has 0 unspecified atom stereocenters.